The van der Waals surface area contributed by atoms with Gasteiger partial charge in [0, 0.05) is 0 Å². The average molecular weight is 345 g/mol. The Morgan fingerprint density at radius 3 is 2.52 bits per heavy atom. The van der Waals surface area contributed by atoms with Gasteiger partial charge in [-0.05, 0) is 45.4 Å². The second-order valence-corrected chi connectivity index (χ2v) is 7.95. The molecule has 0 saturated carbocycles. The maximum Gasteiger partial charge on any atom is 0.307 e. The molecule has 2 atom stereocenters. The first-order chi connectivity index (χ1) is 10.7. The Hall–Kier alpha value is -1.47. The molecule has 0 amide bonds. The molecule has 0 fully saturated rings. The highest BCUT2D eigenvalue weighted by Crippen LogP contribution is 2.25. The third kappa shape index (κ3) is 5.91. The maximum atomic E-state index is 13.9. The van der Waals surface area contributed by atoms with Crippen molar-refractivity contribution < 1.29 is 22.9 Å². The van der Waals surface area contributed by atoms with Gasteiger partial charge in [0.15, 0.2) is 11.6 Å². The van der Waals surface area contributed by atoms with Crippen LogP contribution in [0.5, 0.6) is 5.75 Å². The van der Waals surface area contributed by atoms with Crippen molar-refractivity contribution in [3.8, 4) is 5.75 Å². The van der Waals surface area contributed by atoms with E-state index >= 15 is 0 Å². The van der Waals surface area contributed by atoms with E-state index in [0.29, 0.717) is 5.56 Å². The summed E-state index contributed by atoms with van der Waals surface area (Å²) in [5, 5.41) is 0. The average Bonchev–Trinajstić information content (AvgIpc) is 2.45. The number of esters is 1. The number of carbonyl (C=O) groups excluding carboxylic acids is 1. The molecule has 1 N–H and O–H groups in total. The smallest absolute Gasteiger partial charge is 0.307 e. The van der Waals surface area contributed by atoms with Crippen LogP contribution in [0.25, 0.3) is 0 Å². The van der Waals surface area contributed by atoms with Crippen LogP contribution in [-0.4, -0.2) is 28.6 Å². The Balaban J connectivity index is 3.05. The first kappa shape index (κ1) is 19.6. The normalized spacial score (nSPS) is 14.2. The van der Waals surface area contributed by atoms with E-state index < -0.39 is 33.6 Å². The minimum Gasteiger partial charge on any atom is -0.494 e. The van der Waals surface area contributed by atoms with Gasteiger partial charge in [-0.3, -0.25) is 4.79 Å². The summed E-state index contributed by atoms with van der Waals surface area (Å²) in [5.74, 6) is -0.866. The summed E-state index contributed by atoms with van der Waals surface area (Å²) < 4.78 is 38.5. The van der Waals surface area contributed by atoms with Crippen LogP contribution in [0.4, 0.5) is 4.39 Å². The molecule has 0 unspecified atom stereocenters. The van der Waals surface area contributed by atoms with Crippen molar-refractivity contribution in [2.75, 3.05) is 13.7 Å². The number of ether oxygens (including phenoxy) is 2. The molecule has 0 saturated heterocycles. The summed E-state index contributed by atoms with van der Waals surface area (Å²) in [6, 6.07) is 3.77. The van der Waals surface area contributed by atoms with Crippen molar-refractivity contribution in [2.45, 2.75) is 44.9 Å². The quantitative estimate of drug-likeness (QED) is 0.772. The molecule has 0 aliphatic heterocycles. The summed E-state index contributed by atoms with van der Waals surface area (Å²) in [7, 11) is -0.0374. The third-order valence-corrected chi connectivity index (χ3v) is 4.67. The zero-order valence-electron chi connectivity index (χ0n) is 14.1. The number of hydrogen-bond donors (Lipinski definition) is 1. The molecular formula is C16H24FNO4S. The van der Waals surface area contributed by atoms with Crippen molar-refractivity contribution in [3.63, 3.8) is 0 Å². The van der Waals surface area contributed by atoms with Crippen molar-refractivity contribution in [2.24, 2.45) is 0 Å². The Kier molecular flexibility index (Phi) is 7.15. The van der Waals surface area contributed by atoms with Gasteiger partial charge in [-0.15, -0.1) is 0 Å². The molecule has 1 rings (SSSR count). The van der Waals surface area contributed by atoms with Gasteiger partial charge < -0.3 is 9.47 Å². The first-order valence-corrected chi connectivity index (χ1v) is 8.51. The molecule has 5 nitrogen and oxygen atoms in total. The molecule has 0 aliphatic carbocycles. The fourth-order valence-electron chi connectivity index (χ4n) is 1.82. The van der Waals surface area contributed by atoms with Gasteiger partial charge in [-0.2, -0.15) is 0 Å². The van der Waals surface area contributed by atoms with Gasteiger partial charge in [0.2, 0.25) is 0 Å². The van der Waals surface area contributed by atoms with E-state index in [4.69, 9.17) is 9.47 Å². The predicted octanol–water partition coefficient (Wildman–Crippen LogP) is 2.88. The van der Waals surface area contributed by atoms with Gasteiger partial charge in [-0.25, -0.2) is 13.3 Å². The van der Waals surface area contributed by atoms with Gasteiger partial charge in [0.1, 0.15) is 0 Å². The lowest BCUT2D eigenvalue weighted by Gasteiger charge is -2.24. The Morgan fingerprint density at radius 1 is 1.39 bits per heavy atom. The maximum absolute atomic E-state index is 13.9. The number of carbonyl (C=O) groups is 1. The summed E-state index contributed by atoms with van der Waals surface area (Å²) in [6.07, 6.45) is -0.0402. The van der Waals surface area contributed by atoms with Crippen molar-refractivity contribution >= 4 is 17.0 Å². The molecule has 0 aliphatic rings. The zero-order valence-corrected chi connectivity index (χ0v) is 15.0. The Morgan fingerprint density at radius 2 is 2.04 bits per heavy atom. The van der Waals surface area contributed by atoms with Gasteiger partial charge in [0.25, 0.3) is 0 Å². The van der Waals surface area contributed by atoms with Crippen LogP contribution in [0.3, 0.4) is 0 Å². The van der Waals surface area contributed by atoms with Crippen LogP contribution in [0.15, 0.2) is 18.2 Å². The molecule has 0 heterocycles. The lowest BCUT2D eigenvalue weighted by atomic mass is 10.0. The van der Waals surface area contributed by atoms with Crippen LogP contribution >= 0.6 is 0 Å². The van der Waals surface area contributed by atoms with Crippen LogP contribution < -0.4 is 9.46 Å². The van der Waals surface area contributed by atoms with Gasteiger partial charge >= 0.3 is 5.97 Å². The summed E-state index contributed by atoms with van der Waals surface area (Å²) in [5.41, 5.74) is 0.508. The highest BCUT2D eigenvalue weighted by atomic mass is 32.2. The Labute approximate surface area is 139 Å². The highest BCUT2D eigenvalue weighted by Gasteiger charge is 2.26. The Bertz CT molecular complexity index is 572. The van der Waals surface area contributed by atoms with E-state index in [-0.39, 0.29) is 18.8 Å². The van der Waals surface area contributed by atoms with Crippen LogP contribution in [0, 0.1) is 5.82 Å². The molecule has 0 bridgehead atoms. The SMILES string of the molecule is CCOC(=O)C[C@H](N[S@@](=O)C(C)(C)C)c1ccc(OC)c(F)c1. The molecule has 0 aromatic heterocycles. The monoisotopic (exact) mass is 345 g/mol. The molecule has 23 heavy (non-hydrogen) atoms. The van der Waals surface area contributed by atoms with E-state index in [1.54, 1.807) is 13.0 Å². The third-order valence-electron chi connectivity index (χ3n) is 3.06. The molecule has 1 aromatic carbocycles. The minimum atomic E-state index is -1.41. The number of hydrogen-bond acceptors (Lipinski definition) is 4. The molecule has 7 heteroatoms. The van der Waals surface area contributed by atoms with Crippen LogP contribution in [0.1, 0.15) is 45.7 Å². The molecule has 0 radical (unpaired) electrons. The molecule has 1 aromatic rings. The van der Waals surface area contributed by atoms with Crippen LogP contribution in [-0.2, 0) is 20.5 Å². The number of nitrogens with one attached hydrogen (secondary N) is 1. The number of methoxy groups -OCH3 is 1. The number of benzene rings is 1. The van der Waals surface area contributed by atoms with E-state index in [1.165, 1.54) is 19.2 Å². The highest BCUT2D eigenvalue weighted by molar-refractivity contribution is 7.84. The van der Waals surface area contributed by atoms with Gasteiger partial charge in [0.05, 0.1) is 41.9 Å². The van der Waals surface area contributed by atoms with E-state index in [1.807, 2.05) is 20.8 Å². The van der Waals surface area contributed by atoms with Gasteiger partial charge in [-0.1, -0.05) is 6.07 Å². The van der Waals surface area contributed by atoms with Crippen LogP contribution in [0.2, 0.25) is 0 Å². The number of rotatable bonds is 7. The topological polar surface area (TPSA) is 64.6 Å². The molecule has 0 spiro atoms. The fourth-order valence-corrected chi connectivity index (χ4v) is 2.65. The predicted molar refractivity (Wildman–Crippen MR) is 88.0 cm³/mol. The number of halogens is 1. The van der Waals surface area contributed by atoms with E-state index in [2.05, 4.69) is 4.72 Å². The molecular weight excluding hydrogens is 321 g/mol. The standard InChI is InChI=1S/C16H24FNO4S/c1-6-22-15(19)10-13(18-23(20)16(2,3)4)11-7-8-14(21-5)12(17)9-11/h7-9,13,18H,6,10H2,1-5H3/t13-,23-/m0/s1. The fraction of sp³-hybridized carbons (Fsp3) is 0.562. The lowest BCUT2D eigenvalue weighted by molar-refractivity contribution is -0.143. The zero-order chi connectivity index (χ0) is 17.6. The first-order valence-electron chi connectivity index (χ1n) is 7.36. The van der Waals surface area contributed by atoms with Crippen molar-refractivity contribution in [3.05, 3.63) is 29.6 Å². The largest absolute Gasteiger partial charge is 0.494 e. The molecule has 130 valence electrons. The summed E-state index contributed by atoms with van der Waals surface area (Å²) >= 11 is 0. The minimum absolute atomic E-state index is 0.0402. The lowest BCUT2D eigenvalue weighted by Crippen LogP contribution is -2.36. The van der Waals surface area contributed by atoms with Crippen molar-refractivity contribution in [1.29, 1.82) is 0 Å². The van der Waals surface area contributed by atoms with E-state index in [0.717, 1.165) is 0 Å². The second-order valence-electron chi connectivity index (χ2n) is 5.95. The van der Waals surface area contributed by atoms with Crippen molar-refractivity contribution in [1.82, 2.24) is 4.72 Å². The van der Waals surface area contributed by atoms with E-state index in [9.17, 15) is 13.4 Å². The summed E-state index contributed by atoms with van der Waals surface area (Å²) in [4.78, 5) is 11.8. The second kappa shape index (κ2) is 8.40. The summed E-state index contributed by atoms with van der Waals surface area (Å²) in [6.45, 7) is 7.40.